The highest BCUT2D eigenvalue weighted by Crippen LogP contribution is 2.17. The van der Waals surface area contributed by atoms with Crippen molar-refractivity contribution in [3.05, 3.63) is 0 Å². The van der Waals surface area contributed by atoms with Crippen molar-refractivity contribution >= 4 is 12.0 Å². The molecule has 0 radical (unpaired) electrons. The van der Waals surface area contributed by atoms with Crippen LogP contribution in [0.15, 0.2) is 0 Å². The molecule has 0 bridgehead atoms. The first-order valence-corrected chi connectivity index (χ1v) is 9.81. The fraction of sp³-hybridized carbons (Fsp3) is 0.800. The predicted octanol–water partition coefficient (Wildman–Crippen LogP) is 1.10. The highest BCUT2D eigenvalue weighted by molar-refractivity contribution is 5.82. The molecule has 0 aromatic heterocycles. The molecule has 0 spiro atoms. The third-order valence-electron chi connectivity index (χ3n) is 5.13. The fourth-order valence-corrected chi connectivity index (χ4v) is 3.58. The average Bonchev–Trinajstić information content (AvgIpc) is 2.60. The summed E-state index contributed by atoms with van der Waals surface area (Å²) in [5.41, 5.74) is -0.618. The van der Waals surface area contributed by atoms with Crippen molar-refractivity contribution in [2.75, 3.05) is 59.4 Å². The Hall–Kier alpha value is -1.78. The summed E-state index contributed by atoms with van der Waals surface area (Å²) < 4.78 is 5.35. The van der Waals surface area contributed by atoms with Crippen LogP contribution in [-0.2, 0) is 9.53 Å². The number of hydrogen-bond acceptors (Lipinski definition) is 5. The van der Waals surface area contributed by atoms with E-state index < -0.39 is 11.7 Å². The Balaban J connectivity index is 1.83. The molecule has 0 N–H and O–H groups in total. The number of ether oxygens (including phenoxy) is 1. The molecule has 152 valence electrons. The van der Waals surface area contributed by atoms with Gasteiger partial charge in [0.2, 0.25) is 5.91 Å². The van der Waals surface area contributed by atoms with Gasteiger partial charge in [-0.3, -0.25) is 14.6 Å². The van der Waals surface area contributed by atoms with Gasteiger partial charge in [0, 0.05) is 32.2 Å². The van der Waals surface area contributed by atoms with Crippen LogP contribution >= 0.6 is 0 Å². The minimum absolute atomic E-state index is 0.0344. The van der Waals surface area contributed by atoms with Gasteiger partial charge >= 0.3 is 6.09 Å². The lowest BCUT2D eigenvalue weighted by Crippen LogP contribution is -2.55. The first kappa shape index (κ1) is 21.5. The summed E-state index contributed by atoms with van der Waals surface area (Å²) in [4.78, 5) is 32.9. The quantitative estimate of drug-likeness (QED) is 0.686. The highest BCUT2D eigenvalue weighted by atomic mass is 16.6. The molecule has 2 rings (SSSR count). The summed E-state index contributed by atoms with van der Waals surface area (Å²) in [6.45, 7) is 10.9. The standard InChI is InChI=1S/C20H34N4O3/c1-6-9-24(19(26)27-20(2,3)4)16-18(25)23-14-12-22(13-15-23)17-7-10-21(5)11-8-17/h1,17H,7-16H2,2-5H3. The van der Waals surface area contributed by atoms with Crippen LogP contribution in [0.5, 0.6) is 0 Å². The number of likely N-dealkylation sites (tertiary alicyclic amines) is 1. The second kappa shape index (κ2) is 9.43. The molecule has 0 atom stereocenters. The number of amides is 2. The Morgan fingerprint density at radius 1 is 1.11 bits per heavy atom. The molecule has 0 aromatic rings. The molecule has 2 fully saturated rings. The lowest BCUT2D eigenvalue weighted by Gasteiger charge is -2.42. The maximum Gasteiger partial charge on any atom is 0.411 e. The second-order valence-corrected chi connectivity index (χ2v) is 8.49. The zero-order valence-electron chi connectivity index (χ0n) is 17.2. The van der Waals surface area contributed by atoms with E-state index >= 15 is 0 Å². The highest BCUT2D eigenvalue weighted by Gasteiger charge is 2.30. The van der Waals surface area contributed by atoms with Crippen LogP contribution in [0.4, 0.5) is 4.79 Å². The molecule has 2 amide bonds. The van der Waals surface area contributed by atoms with E-state index in [2.05, 4.69) is 22.8 Å². The molecule has 7 heteroatoms. The summed E-state index contributed by atoms with van der Waals surface area (Å²) >= 11 is 0. The minimum atomic E-state index is -0.618. The summed E-state index contributed by atoms with van der Waals surface area (Å²) in [5.74, 6) is 2.37. The molecule has 2 aliphatic rings. The van der Waals surface area contributed by atoms with E-state index in [1.165, 1.54) is 17.7 Å². The van der Waals surface area contributed by atoms with E-state index in [0.717, 1.165) is 26.2 Å². The summed E-state index contributed by atoms with van der Waals surface area (Å²) in [6.07, 6.45) is 7.21. The first-order valence-electron chi connectivity index (χ1n) is 9.81. The topological polar surface area (TPSA) is 56.3 Å². The van der Waals surface area contributed by atoms with Crippen molar-refractivity contribution < 1.29 is 14.3 Å². The SMILES string of the molecule is C#CCN(CC(=O)N1CCN(C2CCN(C)CC2)CC1)C(=O)OC(C)(C)C. The third-order valence-corrected chi connectivity index (χ3v) is 5.13. The first-order chi connectivity index (χ1) is 12.7. The van der Waals surface area contributed by atoms with Gasteiger partial charge in [-0.15, -0.1) is 6.42 Å². The van der Waals surface area contributed by atoms with Crippen LogP contribution < -0.4 is 0 Å². The number of carbonyl (C=O) groups is 2. The molecule has 2 saturated heterocycles. The van der Waals surface area contributed by atoms with Gasteiger partial charge in [-0.1, -0.05) is 5.92 Å². The summed E-state index contributed by atoms with van der Waals surface area (Å²) in [6, 6.07) is 0.623. The predicted molar refractivity (Wildman–Crippen MR) is 105 cm³/mol. The zero-order chi connectivity index (χ0) is 20.0. The Morgan fingerprint density at radius 3 is 2.22 bits per heavy atom. The van der Waals surface area contributed by atoms with Crippen LogP contribution in [0.1, 0.15) is 33.6 Å². The van der Waals surface area contributed by atoms with Gasteiger partial charge in [0.1, 0.15) is 12.1 Å². The van der Waals surface area contributed by atoms with Crippen molar-refractivity contribution in [2.24, 2.45) is 0 Å². The Kier molecular flexibility index (Phi) is 7.51. The van der Waals surface area contributed by atoms with E-state index in [1.54, 1.807) is 20.8 Å². The molecule has 0 aliphatic carbocycles. The Bertz CT molecular complexity index is 551. The van der Waals surface area contributed by atoms with Gasteiger partial charge in [0.25, 0.3) is 0 Å². The number of carbonyl (C=O) groups excluding carboxylic acids is 2. The number of piperazine rings is 1. The van der Waals surface area contributed by atoms with Gasteiger partial charge in [0.15, 0.2) is 0 Å². The molecular formula is C20H34N4O3. The van der Waals surface area contributed by atoms with Crippen molar-refractivity contribution in [1.82, 2.24) is 19.6 Å². The summed E-state index contributed by atoms with van der Waals surface area (Å²) in [7, 11) is 2.17. The third kappa shape index (κ3) is 6.71. The molecular weight excluding hydrogens is 344 g/mol. The zero-order valence-corrected chi connectivity index (χ0v) is 17.2. The lowest BCUT2D eigenvalue weighted by molar-refractivity contribution is -0.134. The van der Waals surface area contributed by atoms with Crippen molar-refractivity contribution in [2.45, 2.75) is 45.3 Å². The second-order valence-electron chi connectivity index (χ2n) is 8.49. The van der Waals surface area contributed by atoms with E-state index in [0.29, 0.717) is 19.1 Å². The van der Waals surface area contributed by atoms with Gasteiger partial charge in [0.05, 0.1) is 6.54 Å². The Labute approximate surface area is 163 Å². The molecule has 0 aromatic carbocycles. The van der Waals surface area contributed by atoms with E-state index in [9.17, 15) is 9.59 Å². The molecule has 7 nitrogen and oxygen atoms in total. The molecule has 0 saturated carbocycles. The number of rotatable bonds is 4. The van der Waals surface area contributed by atoms with Crippen molar-refractivity contribution in [3.8, 4) is 12.3 Å². The maximum atomic E-state index is 12.7. The van der Waals surface area contributed by atoms with Gasteiger partial charge in [-0.05, 0) is 53.8 Å². The normalized spacial score (nSPS) is 20.2. The van der Waals surface area contributed by atoms with E-state index in [4.69, 9.17) is 11.2 Å². The van der Waals surface area contributed by atoms with Crippen LogP contribution in [0.3, 0.4) is 0 Å². The smallest absolute Gasteiger partial charge is 0.411 e. The number of hydrogen-bond donors (Lipinski definition) is 0. The minimum Gasteiger partial charge on any atom is -0.444 e. The van der Waals surface area contributed by atoms with Gasteiger partial charge in [-0.25, -0.2) is 4.79 Å². The lowest BCUT2D eigenvalue weighted by atomic mass is 10.0. The van der Waals surface area contributed by atoms with Crippen molar-refractivity contribution in [3.63, 3.8) is 0 Å². The van der Waals surface area contributed by atoms with Crippen LogP contribution in [0, 0.1) is 12.3 Å². The van der Waals surface area contributed by atoms with Gasteiger partial charge in [-0.2, -0.15) is 0 Å². The number of nitrogens with zero attached hydrogens (tertiary/aromatic N) is 4. The average molecular weight is 379 g/mol. The molecule has 2 aliphatic heterocycles. The van der Waals surface area contributed by atoms with E-state index in [-0.39, 0.29) is 19.0 Å². The molecule has 2 heterocycles. The maximum absolute atomic E-state index is 12.7. The largest absolute Gasteiger partial charge is 0.444 e. The number of terminal acetylenes is 1. The fourth-order valence-electron chi connectivity index (χ4n) is 3.58. The van der Waals surface area contributed by atoms with E-state index in [1.807, 2.05) is 4.90 Å². The van der Waals surface area contributed by atoms with Gasteiger partial charge < -0.3 is 14.5 Å². The number of piperidine rings is 1. The van der Waals surface area contributed by atoms with Crippen LogP contribution in [0.2, 0.25) is 0 Å². The molecule has 27 heavy (non-hydrogen) atoms. The summed E-state index contributed by atoms with van der Waals surface area (Å²) in [5, 5.41) is 0. The Morgan fingerprint density at radius 2 is 1.70 bits per heavy atom. The van der Waals surface area contributed by atoms with Crippen LogP contribution in [-0.4, -0.2) is 103 Å². The van der Waals surface area contributed by atoms with Crippen LogP contribution in [0.25, 0.3) is 0 Å². The van der Waals surface area contributed by atoms with Crippen molar-refractivity contribution in [1.29, 1.82) is 0 Å². The monoisotopic (exact) mass is 378 g/mol. The molecule has 0 unspecified atom stereocenters.